The summed E-state index contributed by atoms with van der Waals surface area (Å²) in [5.74, 6) is 0. The van der Waals surface area contributed by atoms with Gasteiger partial charge < -0.3 is 8.85 Å². The Balaban J connectivity index is 3.34. The molecule has 0 rings (SSSR count). The van der Waals surface area contributed by atoms with Crippen molar-refractivity contribution in [1.82, 2.24) is 0 Å². The van der Waals surface area contributed by atoms with Gasteiger partial charge in [-0.15, -0.1) is 0 Å². The van der Waals surface area contributed by atoms with Gasteiger partial charge in [-0.2, -0.15) is 0 Å². The number of hydrogen-bond donors (Lipinski definition) is 0. The molecule has 62 valence electrons. The molecule has 0 N–H and O–H groups in total. The maximum Gasteiger partial charge on any atom is 0.289 e. The molecule has 0 aliphatic heterocycles. The van der Waals surface area contributed by atoms with Crippen LogP contribution in [-0.4, -0.2) is 30.8 Å². The van der Waals surface area contributed by atoms with Gasteiger partial charge in [-0.1, -0.05) is 0 Å². The molecule has 0 aliphatic carbocycles. The maximum absolute atomic E-state index is 5.54. The van der Waals surface area contributed by atoms with E-state index in [-0.39, 0.29) is 0 Å². The summed E-state index contributed by atoms with van der Waals surface area (Å²) in [6.45, 7) is 8.23. The van der Waals surface area contributed by atoms with Gasteiger partial charge in [-0.3, -0.25) is 0 Å². The Hall–Kier alpha value is 0.354. The van der Waals surface area contributed by atoms with Gasteiger partial charge in [-0.25, -0.2) is 0 Å². The molecule has 0 radical (unpaired) electrons. The van der Waals surface area contributed by atoms with E-state index in [1.165, 1.54) is 0 Å². The summed E-state index contributed by atoms with van der Waals surface area (Å²) in [5.41, 5.74) is 0. The lowest BCUT2D eigenvalue weighted by Crippen LogP contribution is -2.29. The van der Waals surface area contributed by atoms with Crippen LogP contribution in [0.3, 0.4) is 0 Å². The molecular weight excluding hydrogens is 160 g/mol. The highest BCUT2D eigenvalue weighted by Gasteiger charge is 2.08. The minimum absolute atomic E-state index is 0.341. The number of rotatable bonds is 4. The first-order chi connectivity index (χ1) is 4.52. The summed E-state index contributed by atoms with van der Waals surface area (Å²) in [5, 5.41) is 0. The van der Waals surface area contributed by atoms with E-state index in [1.54, 1.807) is 0 Å². The molecule has 4 heteroatoms. The van der Waals surface area contributed by atoms with Gasteiger partial charge >= 0.3 is 0 Å². The predicted molar refractivity (Wildman–Crippen MR) is 49.5 cm³/mol. The smallest absolute Gasteiger partial charge is 0.289 e. The summed E-state index contributed by atoms with van der Waals surface area (Å²) in [6.07, 6.45) is 0.681. The van der Waals surface area contributed by atoms with E-state index in [0.29, 0.717) is 12.2 Å². The SMILES string of the molecule is CC(C)O[SiH]([SiH3])OC(C)C. The molecule has 0 aromatic carbocycles. The van der Waals surface area contributed by atoms with Gasteiger partial charge in [0.1, 0.15) is 0 Å². The van der Waals surface area contributed by atoms with Crippen LogP contribution >= 0.6 is 0 Å². The fraction of sp³-hybridized carbons (Fsp3) is 1.00. The molecule has 0 bridgehead atoms. The van der Waals surface area contributed by atoms with Gasteiger partial charge in [0.15, 0.2) is 0 Å². The van der Waals surface area contributed by atoms with Crippen molar-refractivity contribution in [3.05, 3.63) is 0 Å². The molecule has 10 heavy (non-hydrogen) atoms. The average molecular weight is 178 g/mol. The molecule has 0 atom stereocenters. The second-order valence-electron chi connectivity index (χ2n) is 2.94. The van der Waals surface area contributed by atoms with Crippen LogP contribution in [0, 0.1) is 0 Å². The van der Waals surface area contributed by atoms with Crippen LogP contribution in [0.2, 0.25) is 0 Å². The van der Waals surface area contributed by atoms with Crippen molar-refractivity contribution >= 4 is 18.6 Å². The predicted octanol–water partition coefficient (Wildman–Crippen LogP) is -0.0810. The highest BCUT2D eigenvalue weighted by atomic mass is 29.2. The molecule has 0 aliphatic rings. The highest BCUT2D eigenvalue weighted by Crippen LogP contribution is 1.95. The highest BCUT2D eigenvalue weighted by molar-refractivity contribution is 6.95. The normalized spacial score (nSPS) is 12.3. The lowest BCUT2D eigenvalue weighted by molar-refractivity contribution is 0.144. The zero-order valence-electron chi connectivity index (χ0n) is 7.55. The lowest BCUT2D eigenvalue weighted by Gasteiger charge is -2.17. The first-order valence-electron chi connectivity index (χ1n) is 3.83. The van der Waals surface area contributed by atoms with Crippen LogP contribution in [0.4, 0.5) is 0 Å². The Morgan fingerprint density at radius 3 is 1.50 bits per heavy atom. The van der Waals surface area contributed by atoms with E-state index < -0.39 is 8.80 Å². The van der Waals surface area contributed by atoms with Crippen molar-refractivity contribution in [3.63, 3.8) is 0 Å². The average Bonchev–Trinajstić information content (AvgIpc) is 1.58. The molecule has 0 aromatic heterocycles. The van der Waals surface area contributed by atoms with E-state index in [4.69, 9.17) is 8.85 Å². The van der Waals surface area contributed by atoms with E-state index in [2.05, 4.69) is 27.7 Å². The molecule has 0 heterocycles. The van der Waals surface area contributed by atoms with Crippen molar-refractivity contribution in [2.75, 3.05) is 0 Å². The monoisotopic (exact) mass is 178 g/mol. The molecule has 0 fully saturated rings. The van der Waals surface area contributed by atoms with Gasteiger partial charge in [0, 0.05) is 12.2 Å². The Labute approximate surface area is 68.0 Å². The lowest BCUT2D eigenvalue weighted by atomic mass is 10.5. The largest absolute Gasteiger partial charge is 0.397 e. The van der Waals surface area contributed by atoms with E-state index in [1.807, 2.05) is 0 Å². The maximum atomic E-state index is 5.54. The Morgan fingerprint density at radius 2 is 1.30 bits per heavy atom. The van der Waals surface area contributed by atoms with Crippen molar-refractivity contribution in [2.45, 2.75) is 39.9 Å². The zero-order chi connectivity index (χ0) is 8.15. The summed E-state index contributed by atoms with van der Waals surface area (Å²) in [4.78, 5) is 0. The molecule has 0 unspecified atom stereocenters. The fourth-order valence-corrected chi connectivity index (χ4v) is 5.66. The third-order valence-electron chi connectivity index (χ3n) is 0.928. The summed E-state index contributed by atoms with van der Waals surface area (Å²) in [7, 11) is -0.0997. The third-order valence-corrected chi connectivity index (χ3v) is 4.42. The zero-order valence-corrected chi connectivity index (χ0v) is 10.7. The second kappa shape index (κ2) is 5.06. The molecule has 0 saturated carbocycles. The van der Waals surface area contributed by atoms with Gasteiger partial charge in [0.05, 0.1) is 9.76 Å². The number of hydrogen-bond acceptors (Lipinski definition) is 2. The Bertz CT molecular complexity index is 75.8. The quantitative estimate of drug-likeness (QED) is 0.561. The van der Waals surface area contributed by atoms with Crippen molar-refractivity contribution in [3.8, 4) is 0 Å². The van der Waals surface area contributed by atoms with Crippen molar-refractivity contribution in [1.29, 1.82) is 0 Å². The first-order valence-corrected chi connectivity index (χ1v) is 9.39. The van der Waals surface area contributed by atoms with Crippen LogP contribution < -0.4 is 0 Å². The topological polar surface area (TPSA) is 18.5 Å². The standard InChI is InChI=1S/C6H18O2Si2/c1-5(2)7-10(9)8-6(3)4/h5-6,10H,1-4,9H3. The summed E-state index contributed by atoms with van der Waals surface area (Å²) >= 11 is 0. The first kappa shape index (κ1) is 10.4. The second-order valence-corrected chi connectivity index (χ2v) is 7.45. The fourth-order valence-electron chi connectivity index (χ4n) is 0.799. The molecule has 0 amide bonds. The Morgan fingerprint density at radius 1 is 1.00 bits per heavy atom. The van der Waals surface area contributed by atoms with Gasteiger partial charge in [0.25, 0.3) is 8.80 Å². The molecular formula is C6H18O2Si2. The molecule has 0 aromatic rings. The summed E-state index contributed by atoms with van der Waals surface area (Å²) in [6, 6.07) is 0. The van der Waals surface area contributed by atoms with Crippen LogP contribution in [0.15, 0.2) is 0 Å². The van der Waals surface area contributed by atoms with E-state index >= 15 is 0 Å². The van der Waals surface area contributed by atoms with Crippen LogP contribution in [-0.2, 0) is 8.85 Å². The summed E-state index contributed by atoms with van der Waals surface area (Å²) < 4.78 is 11.1. The minimum atomic E-state index is -1.18. The Kier molecular flexibility index (Phi) is 5.24. The molecule has 0 spiro atoms. The van der Waals surface area contributed by atoms with Crippen molar-refractivity contribution < 1.29 is 8.85 Å². The molecule has 2 nitrogen and oxygen atoms in total. The van der Waals surface area contributed by atoms with Crippen molar-refractivity contribution in [2.24, 2.45) is 0 Å². The van der Waals surface area contributed by atoms with E-state index in [0.717, 1.165) is 9.76 Å². The van der Waals surface area contributed by atoms with Crippen LogP contribution in [0.1, 0.15) is 27.7 Å². The van der Waals surface area contributed by atoms with E-state index in [9.17, 15) is 0 Å². The van der Waals surface area contributed by atoms with Gasteiger partial charge in [0.2, 0.25) is 0 Å². The van der Waals surface area contributed by atoms with Gasteiger partial charge in [-0.05, 0) is 27.7 Å². The van der Waals surface area contributed by atoms with Crippen LogP contribution in [0.25, 0.3) is 0 Å². The molecule has 0 saturated heterocycles. The third kappa shape index (κ3) is 6.47. The van der Waals surface area contributed by atoms with Crippen LogP contribution in [0.5, 0.6) is 0 Å². The minimum Gasteiger partial charge on any atom is -0.397 e.